The molecular weight excluding hydrogens is 302 g/mol. The lowest BCUT2D eigenvalue weighted by molar-refractivity contribution is 0.339. The van der Waals surface area contributed by atoms with Gasteiger partial charge in [-0.2, -0.15) is 4.31 Å². The minimum absolute atomic E-state index is 0.245. The van der Waals surface area contributed by atoms with Crippen LogP contribution in [0.1, 0.15) is 38.5 Å². The number of thiophene rings is 1. The number of hydrogen-bond acceptors (Lipinski definition) is 3. The topological polar surface area (TPSA) is 37.4 Å². The zero-order chi connectivity index (χ0) is 14.5. The third kappa shape index (κ3) is 3.94. The number of hydrogen-bond donors (Lipinski definition) is 0. The van der Waals surface area contributed by atoms with Crippen LogP contribution in [0.15, 0.2) is 16.3 Å². The zero-order valence-electron chi connectivity index (χ0n) is 11.7. The SMILES string of the molecule is CCC(CC)CN(CC)S(=O)(=O)c1ccsc1CCl. The molecule has 0 fully saturated rings. The van der Waals surface area contributed by atoms with E-state index >= 15 is 0 Å². The van der Waals surface area contributed by atoms with Gasteiger partial charge in [0.2, 0.25) is 10.0 Å². The lowest BCUT2D eigenvalue weighted by atomic mass is 10.0. The monoisotopic (exact) mass is 323 g/mol. The average Bonchev–Trinajstić information content (AvgIpc) is 2.89. The van der Waals surface area contributed by atoms with Gasteiger partial charge in [0.1, 0.15) is 0 Å². The summed E-state index contributed by atoms with van der Waals surface area (Å²) in [5.74, 6) is 0.655. The minimum atomic E-state index is -3.41. The third-order valence-electron chi connectivity index (χ3n) is 3.41. The molecule has 1 rings (SSSR count). The minimum Gasteiger partial charge on any atom is -0.207 e. The molecule has 0 spiro atoms. The Morgan fingerprint density at radius 1 is 1.32 bits per heavy atom. The lowest BCUT2D eigenvalue weighted by Gasteiger charge is -2.24. The summed E-state index contributed by atoms with van der Waals surface area (Å²) in [5, 5.41) is 1.79. The van der Waals surface area contributed by atoms with Gasteiger partial charge in [0.25, 0.3) is 0 Å². The van der Waals surface area contributed by atoms with Crippen LogP contribution in [0.3, 0.4) is 0 Å². The van der Waals surface area contributed by atoms with E-state index in [1.165, 1.54) is 11.3 Å². The Hall–Kier alpha value is -0.100. The van der Waals surface area contributed by atoms with Crippen LogP contribution in [0.2, 0.25) is 0 Å². The summed E-state index contributed by atoms with van der Waals surface area (Å²) in [4.78, 5) is 1.10. The second kappa shape index (κ2) is 7.62. The van der Waals surface area contributed by atoms with Crippen LogP contribution in [0.25, 0.3) is 0 Å². The van der Waals surface area contributed by atoms with Crippen LogP contribution in [-0.4, -0.2) is 25.8 Å². The van der Waals surface area contributed by atoms with Crippen molar-refractivity contribution in [1.82, 2.24) is 4.31 Å². The number of sulfonamides is 1. The summed E-state index contributed by atoms with van der Waals surface area (Å²) in [6.07, 6.45) is 1.99. The molecule has 0 N–H and O–H groups in total. The first-order valence-corrected chi connectivity index (χ1v) is 9.49. The molecule has 3 nitrogen and oxygen atoms in total. The van der Waals surface area contributed by atoms with Crippen molar-refractivity contribution in [1.29, 1.82) is 0 Å². The first kappa shape index (κ1) is 17.0. The first-order valence-electron chi connectivity index (χ1n) is 6.63. The molecule has 1 aromatic heterocycles. The normalized spacial score (nSPS) is 12.5. The first-order chi connectivity index (χ1) is 9.01. The van der Waals surface area contributed by atoms with Gasteiger partial charge in [0.05, 0.1) is 10.8 Å². The van der Waals surface area contributed by atoms with Gasteiger partial charge in [0.15, 0.2) is 0 Å². The number of halogens is 1. The highest BCUT2D eigenvalue weighted by Gasteiger charge is 2.27. The molecule has 0 aliphatic carbocycles. The van der Waals surface area contributed by atoms with Crippen molar-refractivity contribution in [2.45, 2.75) is 44.4 Å². The summed E-state index contributed by atoms with van der Waals surface area (Å²) in [5.41, 5.74) is 0. The van der Waals surface area contributed by atoms with Crippen molar-refractivity contribution < 1.29 is 8.42 Å². The summed E-state index contributed by atoms with van der Waals surface area (Å²) >= 11 is 7.21. The van der Waals surface area contributed by atoms with Crippen molar-refractivity contribution in [3.63, 3.8) is 0 Å². The fourth-order valence-corrected chi connectivity index (χ4v) is 5.23. The second-order valence-corrected chi connectivity index (χ2v) is 7.65. The maximum Gasteiger partial charge on any atom is 0.244 e. The molecule has 0 aromatic carbocycles. The van der Waals surface area contributed by atoms with Crippen LogP contribution in [0, 0.1) is 5.92 Å². The standard InChI is InChI=1S/C13H22ClNO2S2/c1-4-11(5-2)10-15(6-3)19(16,17)13-7-8-18-12(13)9-14/h7-8,11H,4-6,9-10H2,1-3H3. The fraction of sp³-hybridized carbons (Fsp3) is 0.692. The molecule has 1 aromatic rings. The quantitative estimate of drug-likeness (QED) is 0.680. The molecule has 0 bridgehead atoms. The zero-order valence-corrected chi connectivity index (χ0v) is 14.1. The van der Waals surface area contributed by atoms with E-state index in [0.29, 0.717) is 23.9 Å². The van der Waals surface area contributed by atoms with E-state index in [2.05, 4.69) is 13.8 Å². The van der Waals surface area contributed by atoms with Gasteiger partial charge < -0.3 is 0 Å². The molecule has 0 atom stereocenters. The van der Waals surface area contributed by atoms with Gasteiger partial charge in [-0.25, -0.2) is 8.42 Å². The number of alkyl halides is 1. The van der Waals surface area contributed by atoms with E-state index in [4.69, 9.17) is 11.6 Å². The molecule has 0 saturated carbocycles. The van der Waals surface area contributed by atoms with Gasteiger partial charge in [0, 0.05) is 18.0 Å². The molecular formula is C13H22ClNO2S2. The average molecular weight is 324 g/mol. The van der Waals surface area contributed by atoms with Crippen molar-refractivity contribution in [3.8, 4) is 0 Å². The highest BCUT2D eigenvalue weighted by atomic mass is 35.5. The van der Waals surface area contributed by atoms with Crippen molar-refractivity contribution in [3.05, 3.63) is 16.3 Å². The second-order valence-electron chi connectivity index (χ2n) is 4.48. The summed E-state index contributed by atoms with van der Waals surface area (Å²) < 4.78 is 26.9. The van der Waals surface area contributed by atoms with Crippen molar-refractivity contribution in [2.24, 2.45) is 5.92 Å². The molecule has 19 heavy (non-hydrogen) atoms. The van der Waals surface area contributed by atoms with E-state index in [9.17, 15) is 8.42 Å². The van der Waals surface area contributed by atoms with Crippen molar-refractivity contribution >= 4 is 33.0 Å². The Balaban J connectivity index is 3.02. The Labute approximate surface area is 125 Å². The van der Waals surface area contributed by atoms with Gasteiger partial charge >= 0.3 is 0 Å². The van der Waals surface area contributed by atoms with Crippen molar-refractivity contribution in [2.75, 3.05) is 13.1 Å². The summed E-state index contributed by atoms with van der Waals surface area (Å²) in [6, 6.07) is 1.66. The van der Waals surface area contributed by atoms with E-state index in [1.807, 2.05) is 6.92 Å². The largest absolute Gasteiger partial charge is 0.244 e. The van der Waals surface area contributed by atoms with Gasteiger partial charge in [-0.05, 0) is 17.4 Å². The lowest BCUT2D eigenvalue weighted by Crippen LogP contribution is -2.35. The maximum atomic E-state index is 12.6. The van der Waals surface area contributed by atoms with E-state index in [0.717, 1.165) is 17.7 Å². The van der Waals surface area contributed by atoms with Gasteiger partial charge in [-0.3, -0.25) is 0 Å². The van der Waals surface area contributed by atoms with Crippen LogP contribution < -0.4 is 0 Å². The Bertz CT molecular complexity index is 481. The Morgan fingerprint density at radius 3 is 2.42 bits per heavy atom. The molecule has 0 aliphatic heterocycles. The number of nitrogens with zero attached hydrogens (tertiary/aromatic N) is 1. The van der Waals surface area contributed by atoms with E-state index in [1.54, 1.807) is 15.8 Å². The predicted molar refractivity (Wildman–Crippen MR) is 82.4 cm³/mol. The van der Waals surface area contributed by atoms with Crippen LogP contribution >= 0.6 is 22.9 Å². The summed E-state index contributed by atoms with van der Waals surface area (Å²) in [7, 11) is -3.41. The van der Waals surface area contributed by atoms with Gasteiger partial charge in [-0.15, -0.1) is 22.9 Å². The molecule has 6 heteroatoms. The highest BCUT2D eigenvalue weighted by Crippen LogP contribution is 2.27. The van der Waals surface area contributed by atoms with Crippen LogP contribution in [0.4, 0.5) is 0 Å². The maximum absolute atomic E-state index is 12.6. The molecule has 1 heterocycles. The number of rotatable bonds is 8. The highest BCUT2D eigenvalue weighted by molar-refractivity contribution is 7.89. The van der Waals surface area contributed by atoms with E-state index in [-0.39, 0.29) is 5.88 Å². The molecule has 0 unspecified atom stereocenters. The Morgan fingerprint density at radius 2 is 1.95 bits per heavy atom. The predicted octanol–water partition coefficient (Wildman–Crippen LogP) is 3.93. The smallest absolute Gasteiger partial charge is 0.207 e. The fourth-order valence-electron chi connectivity index (χ4n) is 2.03. The molecule has 110 valence electrons. The summed E-state index contributed by atoms with van der Waals surface area (Å²) in [6.45, 7) is 7.17. The van der Waals surface area contributed by atoms with Crippen LogP contribution in [-0.2, 0) is 15.9 Å². The van der Waals surface area contributed by atoms with Gasteiger partial charge in [-0.1, -0.05) is 33.6 Å². The molecule has 0 saturated heterocycles. The van der Waals surface area contributed by atoms with Crippen LogP contribution in [0.5, 0.6) is 0 Å². The molecule has 0 radical (unpaired) electrons. The molecule has 0 aliphatic rings. The Kier molecular flexibility index (Phi) is 6.80. The third-order valence-corrected chi connectivity index (χ3v) is 6.91. The molecule has 0 amide bonds. The van der Waals surface area contributed by atoms with E-state index < -0.39 is 10.0 Å².